The van der Waals surface area contributed by atoms with Gasteiger partial charge >= 0.3 is 6.03 Å². The third kappa shape index (κ3) is 5.58. The summed E-state index contributed by atoms with van der Waals surface area (Å²) in [6.07, 6.45) is 1.46. The lowest BCUT2D eigenvalue weighted by atomic mass is 9.96. The number of urea groups is 1. The third-order valence-electron chi connectivity index (χ3n) is 4.12. The first kappa shape index (κ1) is 17.3. The fourth-order valence-corrected chi connectivity index (χ4v) is 2.68. The quantitative estimate of drug-likeness (QED) is 0.876. The van der Waals surface area contributed by atoms with Crippen LogP contribution in [0.15, 0.2) is 30.3 Å². The van der Waals surface area contributed by atoms with E-state index in [4.69, 9.17) is 0 Å². The molecule has 126 valence electrons. The fraction of sp³-hybridized carbons (Fsp3) is 0.556. The molecular weight excluding hydrogens is 290 g/mol. The van der Waals surface area contributed by atoms with Crippen LogP contribution >= 0.6 is 0 Å². The second-order valence-electron chi connectivity index (χ2n) is 6.54. The molecular formula is C18H27N3O2. The highest BCUT2D eigenvalue weighted by atomic mass is 16.2. The van der Waals surface area contributed by atoms with Crippen LogP contribution in [-0.2, 0) is 11.3 Å². The Labute approximate surface area is 138 Å². The molecule has 0 saturated carbocycles. The van der Waals surface area contributed by atoms with Crippen molar-refractivity contribution < 1.29 is 9.59 Å². The Morgan fingerprint density at radius 2 is 1.78 bits per heavy atom. The van der Waals surface area contributed by atoms with E-state index in [0.717, 1.165) is 18.4 Å². The molecule has 1 heterocycles. The predicted molar refractivity (Wildman–Crippen MR) is 90.8 cm³/mol. The first-order chi connectivity index (χ1) is 11.1. The molecule has 0 radical (unpaired) electrons. The largest absolute Gasteiger partial charge is 0.352 e. The van der Waals surface area contributed by atoms with Gasteiger partial charge in [0.1, 0.15) is 0 Å². The zero-order valence-corrected chi connectivity index (χ0v) is 14.0. The lowest BCUT2D eigenvalue weighted by molar-refractivity contribution is -0.126. The van der Waals surface area contributed by atoms with Crippen molar-refractivity contribution in [2.45, 2.75) is 33.2 Å². The van der Waals surface area contributed by atoms with Gasteiger partial charge in [-0.1, -0.05) is 44.2 Å². The van der Waals surface area contributed by atoms with Gasteiger partial charge in [0.15, 0.2) is 0 Å². The minimum atomic E-state index is -0.0122. The van der Waals surface area contributed by atoms with Crippen molar-refractivity contribution in [2.75, 3.05) is 19.6 Å². The van der Waals surface area contributed by atoms with Gasteiger partial charge in [0.2, 0.25) is 5.91 Å². The number of amides is 3. The average Bonchev–Trinajstić information content (AvgIpc) is 2.58. The molecule has 1 fully saturated rings. The summed E-state index contributed by atoms with van der Waals surface area (Å²) in [5, 5.41) is 5.92. The Kier molecular flexibility index (Phi) is 6.44. The van der Waals surface area contributed by atoms with E-state index in [1.165, 1.54) is 0 Å². The molecule has 2 N–H and O–H groups in total. The van der Waals surface area contributed by atoms with Gasteiger partial charge in [0.05, 0.1) is 0 Å². The van der Waals surface area contributed by atoms with Crippen LogP contribution in [0, 0.1) is 11.8 Å². The van der Waals surface area contributed by atoms with Crippen LogP contribution in [0.3, 0.4) is 0 Å². The Hall–Kier alpha value is -2.04. The van der Waals surface area contributed by atoms with Crippen LogP contribution in [-0.4, -0.2) is 36.5 Å². The number of nitrogens with one attached hydrogen (secondary N) is 2. The summed E-state index contributed by atoms with van der Waals surface area (Å²) in [6, 6.07) is 9.89. The number of nitrogens with zero attached hydrogens (tertiary/aromatic N) is 1. The molecule has 3 amide bonds. The van der Waals surface area contributed by atoms with E-state index in [9.17, 15) is 9.59 Å². The average molecular weight is 317 g/mol. The maximum atomic E-state index is 12.2. The van der Waals surface area contributed by atoms with Crippen molar-refractivity contribution in [3.05, 3.63) is 35.9 Å². The Bertz CT molecular complexity index is 508. The number of carbonyl (C=O) groups is 2. The lowest BCUT2D eigenvalue weighted by Crippen LogP contribution is -2.47. The Morgan fingerprint density at radius 3 is 2.39 bits per heavy atom. The van der Waals surface area contributed by atoms with Gasteiger partial charge in [-0.15, -0.1) is 0 Å². The summed E-state index contributed by atoms with van der Waals surface area (Å²) in [5.41, 5.74) is 1.10. The van der Waals surface area contributed by atoms with E-state index in [0.29, 0.717) is 32.1 Å². The molecule has 0 aromatic heterocycles. The highest BCUT2D eigenvalue weighted by Gasteiger charge is 2.27. The Balaban J connectivity index is 1.71. The van der Waals surface area contributed by atoms with E-state index in [1.807, 2.05) is 35.2 Å². The highest BCUT2D eigenvalue weighted by molar-refractivity contribution is 5.79. The second kappa shape index (κ2) is 8.56. The number of hydrogen-bond donors (Lipinski definition) is 2. The molecule has 1 aromatic rings. The minimum absolute atomic E-state index is 0.00728. The molecule has 5 heteroatoms. The van der Waals surface area contributed by atoms with Crippen molar-refractivity contribution in [2.24, 2.45) is 11.8 Å². The monoisotopic (exact) mass is 317 g/mol. The highest BCUT2D eigenvalue weighted by Crippen LogP contribution is 2.17. The molecule has 1 aliphatic heterocycles. The van der Waals surface area contributed by atoms with Gasteiger partial charge in [-0.25, -0.2) is 4.79 Å². The van der Waals surface area contributed by atoms with Crippen LogP contribution in [0.5, 0.6) is 0 Å². The zero-order chi connectivity index (χ0) is 16.7. The molecule has 1 saturated heterocycles. The summed E-state index contributed by atoms with van der Waals surface area (Å²) in [7, 11) is 0. The lowest BCUT2D eigenvalue weighted by Gasteiger charge is -2.31. The summed E-state index contributed by atoms with van der Waals surface area (Å²) in [4.78, 5) is 26.0. The summed E-state index contributed by atoms with van der Waals surface area (Å²) >= 11 is 0. The third-order valence-corrected chi connectivity index (χ3v) is 4.12. The van der Waals surface area contributed by atoms with E-state index >= 15 is 0 Å². The zero-order valence-electron chi connectivity index (χ0n) is 14.0. The number of benzene rings is 1. The predicted octanol–water partition coefficient (Wildman–Crippen LogP) is 2.38. The molecule has 0 unspecified atom stereocenters. The summed E-state index contributed by atoms with van der Waals surface area (Å²) in [6.45, 7) is 6.69. The van der Waals surface area contributed by atoms with E-state index in [1.54, 1.807) is 0 Å². The normalized spacial score (nSPS) is 15.5. The summed E-state index contributed by atoms with van der Waals surface area (Å²) in [5.74, 6) is 0.546. The number of likely N-dealkylation sites (tertiary alicyclic amines) is 1. The maximum Gasteiger partial charge on any atom is 0.317 e. The van der Waals surface area contributed by atoms with Gasteiger partial charge in [0, 0.05) is 32.1 Å². The van der Waals surface area contributed by atoms with Crippen molar-refractivity contribution >= 4 is 11.9 Å². The van der Waals surface area contributed by atoms with Crippen LogP contribution in [0.4, 0.5) is 4.79 Å². The molecule has 1 aliphatic rings. The second-order valence-corrected chi connectivity index (χ2v) is 6.54. The van der Waals surface area contributed by atoms with Gasteiger partial charge in [0.25, 0.3) is 0 Å². The van der Waals surface area contributed by atoms with Crippen LogP contribution in [0.1, 0.15) is 32.3 Å². The minimum Gasteiger partial charge on any atom is -0.352 e. The molecule has 2 rings (SSSR count). The first-order valence-corrected chi connectivity index (χ1v) is 8.40. The molecule has 0 bridgehead atoms. The van der Waals surface area contributed by atoms with Crippen LogP contribution in [0.25, 0.3) is 0 Å². The maximum absolute atomic E-state index is 12.2. The standard InChI is InChI=1S/C18H27N3O2/c1-14(2)12-20-18(23)21-10-8-16(9-11-21)17(22)19-13-15-6-4-3-5-7-15/h3-7,14,16H,8-13H2,1-2H3,(H,19,22)(H,20,23). The smallest absolute Gasteiger partial charge is 0.317 e. The first-order valence-electron chi connectivity index (χ1n) is 8.40. The molecule has 0 spiro atoms. The summed E-state index contributed by atoms with van der Waals surface area (Å²) < 4.78 is 0. The molecule has 0 aliphatic carbocycles. The van der Waals surface area contributed by atoms with Crippen LogP contribution < -0.4 is 10.6 Å². The molecule has 5 nitrogen and oxygen atoms in total. The van der Waals surface area contributed by atoms with E-state index < -0.39 is 0 Å². The van der Waals surface area contributed by atoms with Gasteiger partial charge in [-0.2, -0.15) is 0 Å². The molecule has 0 atom stereocenters. The van der Waals surface area contributed by atoms with Crippen LogP contribution in [0.2, 0.25) is 0 Å². The number of hydrogen-bond acceptors (Lipinski definition) is 2. The van der Waals surface area contributed by atoms with Gasteiger partial charge in [-0.3, -0.25) is 4.79 Å². The van der Waals surface area contributed by atoms with Gasteiger partial charge < -0.3 is 15.5 Å². The SMILES string of the molecule is CC(C)CNC(=O)N1CCC(C(=O)NCc2ccccc2)CC1. The van der Waals surface area contributed by atoms with Crippen molar-refractivity contribution in [3.8, 4) is 0 Å². The number of rotatable bonds is 5. The fourth-order valence-electron chi connectivity index (χ4n) is 2.68. The molecule has 1 aromatic carbocycles. The van der Waals surface area contributed by atoms with Crippen molar-refractivity contribution in [3.63, 3.8) is 0 Å². The Morgan fingerprint density at radius 1 is 1.13 bits per heavy atom. The van der Waals surface area contributed by atoms with E-state index in [2.05, 4.69) is 24.5 Å². The number of carbonyl (C=O) groups excluding carboxylic acids is 2. The molecule has 23 heavy (non-hydrogen) atoms. The van der Waals surface area contributed by atoms with Gasteiger partial charge in [-0.05, 0) is 24.3 Å². The van der Waals surface area contributed by atoms with Crippen molar-refractivity contribution in [1.29, 1.82) is 0 Å². The topological polar surface area (TPSA) is 61.4 Å². The van der Waals surface area contributed by atoms with E-state index in [-0.39, 0.29) is 17.9 Å². The van der Waals surface area contributed by atoms with Crippen molar-refractivity contribution in [1.82, 2.24) is 15.5 Å². The number of piperidine rings is 1.